The van der Waals surface area contributed by atoms with Gasteiger partial charge in [0.2, 0.25) is 0 Å². The van der Waals surface area contributed by atoms with Crippen LogP contribution in [0.15, 0.2) is 30.5 Å². The van der Waals surface area contributed by atoms with Crippen LogP contribution >= 0.6 is 11.6 Å². The molecule has 15 heavy (non-hydrogen) atoms. The van der Waals surface area contributed by atoms with Crippen LogP contribution in [-0.2, 0) is 7.05 Å². The molecule has 0 fully saturated rings. The maximum absolute atomic E-state index is 8.72. The Labute approximate surface area is 92.6 Å². The van der Waals surface area contributed by atoms with Gasteiger partial charge in [0, 0.05) is 23.8 Å². The van der Waals surface area contributed by atoms with Gasteiger partial charge in [0.05, 0.1) is 0 Å². The summed E-state index contributed by atoms with van der Waals surface area (Å²) < 4.78 is 1.82. The third-order valence-electron chi connectivity index (χ3n) is 2.09. The molecule has 0 unspecified atom stereocenters. The normalized spacial score (nSPS) is 9.93. The second kappa shape index (κ2) is 3.76. The zero-order chi connectivity index (χ0) is 10.8. The number of halogens is 1. The molecule has 1 heterocycles. The molecule has 1 aromatic heterocycles. The minimum Gasteiger partial charge on any atom is -0.333 e. The van der Waals surface area contributed by atoms with E-state index in [0.29, 0.717) is 10.7 Å². The highest BCUT2D eigenvalue weighted by Crippen LogP contribution is 2.20. The van der Waals surface area contributed by atoms with Gasteiger partial charge >= 0.3 is 0 Å². The largest absolute Gasteiger partial charge is 0.333 e. The van der Waals surface area contributed by atoms with Crippen molar-refractivity contribution in [1.82, 2.24) is 9.55 Å². The molecule has 0 spiro atoms. The van der Waals surface area contributed by atoms with Crippen molar-refractivity contribution in [2.45, 2.75) is 0 Å². The lowest BCUT2D eigenvalue weighted by Crippen LogP contribution is -1.90. The minimum atomic E-state index is 0.419. The summed E-state index contributed by atoms with van der Waals surface area (Å²) in [7, 11) is 1.86. The number of aryl methyl sites for hydroxylation is 1. The Morgan fingerprint density at radius 2 is 2.00 bits per heavy atom. The van der Waals surface area contributed by atoms with Crippen molar-refractivity contribution < 1.29 is 0 Å². The van der Waals surface area contributed by atoms with Gasteiger partial charge in [-0.2, -0.15) is 5.26 Å². The van der Waals surface area contributed by atoms with E-state index >= 15 is 0 Å². The lowest BCUT2D eigenvalue weighted by molar-refractivity contribution is 0.924. The summed E-state index contributed by atoms with van der Waals surface area (Å²) in [6.45, 7) is 0. The van der Waals surface area contributed by atoms with E-state index in [4.69, 9.17) is 16.9 Å². The van der Waals surface area contributed by atoms with E-state index in [1.807, 2.05) is 29.8 Å². The molecule has 0 atom stereocenters. The fourth-order valence-corrected chi connectivity index (χ4v) is 1.51. The summed E-state index contributed by atoms with van der Waals surface area (Å²) in [5, 5.41) is 9.41. The van der Waals surface area contributed by atoms with Crippen molar-refractivity contribution in [3.63, 3.8) is 0 Å². The van der Waals surface area contributed by atoms with Crippen molar-refractivity contribution in [1.29, 1.82) is 5.26 Å². The van der Waals surface area contributed by atoms with E-state index in [9.17, 15) is 0 Å². The zero-order valence-corrected chi connectivity index (χ0v) is 8.86. The van der Waals surface area contributed by atoms with Crippen LogP contribution in [0.5, 0.6) is 0 Å². The van der Waals surface area contributed by atoms with Gasteiger partial charge in [-0.25, -0.2) is 4.98 Å². The monoisotopic (exact) mass is 217 g/mol. The number of imidazole rings is 1. The van der Waals surface area contributed by atoms with Crippen LogP contribution in [0.1, 0.15) is 5.69 Å². The average Bonchev–Trinajstić information content (AvgIpc) is 2.61. The van der Waals surface area contributed by atoms with Crippen LogP contribution in [0.25, 0.3) is 11.4 Å². The molecule has 0 aliphatic rings. The van der Waals surface area contributed by atoms with E-state index in [2.05, 4.69) is 4.98 Å². The first kappa shape index (κ1) is 9.75. The fraction of sp³-hybridized carbons (Fsp3) is 0.0909. The lowest BCUT2D eigenvalue weighted by Gasteiger charge is -2.00. The number of nitrogens with zero attached hydrogens (tertiary/aromatic N) is 3. The summed E-state index contributed by atoms with van der Waals surface area (Å²) in [5.74, 6) is 0.767. The molecule has 0 saturated heterocycles. The van der Waals surface area contributed by atoms with Gasteiger partial charge < -0.3 is 4.57 Å². The van der Waals surface area contributed by atoms with E-state index in [-0.39, 0.29) is 0 Å². The summed E-state index contributed by atoms with van der Waals surface area (Å²) in [4.78, 5) is 4.19. The molecule has 3 nitrogen and oxygen atoms in total. The van der Waals surface area contributed by atoms with Crippen molar-refractivity contribution in [2.24, 2.45) is 7.05 Å². The second-order valence-electron chi connectivity index (χ2n) is 3.18. The molecular formula is C11H8ClN3. The molecular weight excluding hydrogens is 210 g/mol. The molecule has 0 N–H and O–H groups in total. The first-order chi connectivity index (χ1) is 7.20. The number of aromatic nitrogens is 2. The second-order valence-corrected chi connectivity index (χ2v) is 3.62. The Morgan fingerprint density at radius 1 is 1.33 bits per heavy atom. The third kappa shape index (κ3) is 1.85. The van der Waals surface area contributed by atoms with Gasteiger partial charge in [-0.1, -0.05) is 11.6 Å². The third-order valence-corrected chi connectivity index (χ3v) is 2.35. The lowest BCUT2D eigenvalue weighted by atomic mass is 10.2. The maximum atomic E-state index is 8.72. The summed E-state index contributed by atoms with van der Waals surface area (Å²) in [5.41, 5.74) is 1.37. The van der Waals surface area contributed by atoms with Crippen LogP contribution in [0.3, 0.4) is 0 Å². The summed E-state index contributed by atoms with van der Waals surface area (Å²) in [6, 6.07) is 9.38. The fourth-order valence-electron chi connectivity index (χ4n) is 1.39. The van der Waals surface area contributed by atoms with E-state index < -0.39 is 0 Å². The predicted molar refractivity (Wildman–Crippen MR) is 58.4 cm³/mol. The van der Waals surface area contributed by atoms with E-state index in [1.54, 1.807) is 18.3 Å². The Hall–Kier alpha value is -1.79. The average molecular weight is 218 g/mol. The minimum absolute atomic E-state index is 0.419. The Bertz CT molecular complexity index is 520. The molecule has 1 aromatic carbocycles. The standard InChI is InChI=1S/C11H8ClN3/c1-15-7-10(6-13)14-11(15)8-2-4-9(12)5-3-8/h2-5,7H,1H3. The highest BCUT2D eigenvalue weighted by Gasteiger charge is 2.06. The van der Waals surface area contributed by atoms with Crippen LogP contribution < -0.4 is 0 Å². The quantitative estimate of drug-likeness (QED) is 0.737. The Balaban J connectivity index is 2.50. The van der Waals surface area contributed by atoms with Crippen LogP contribution in [0.4, 0.5) is 0 Å². The van der Waals surface area contributed by atoms with Crippen molar-refractivity contribution >= 4 is 11.6 Å². The smallest absolute Gasteiger partial charge is 0.159 e. The molecule has 0 aliphatic carbocycles. The van der Waals surface area contributed by atoms with Crippen LogP contribution in [0, 0.1) is 11.3 Å². The Kier molecular flexibility index (Phi) is 2.44. The van der Waals surface area contributed by atoms with Gasteiger partial charge in [-0.15, -0.1) is 0 Å². The van der Waals surface area contributed by atoms with Crippen molar-refractivity contribution in [3.05, 3.63) is 41.2 Å². The molecule has 0 saturated carbocycles. The highest BCUT2D eigenvalue weighted by molar-refractivity contribution is 6.30. The van der Waals surface area contributed by atoms with Gasteiger partial charge in [0.1, 0.15) is 11.9 Å². The van der Waals surface area contributed by atoms with Gasteiger partial charge in [0.15, 0.2) is 5.69 Å². The first-order valence-electron chi connectivity index (χ1n) is 4.40. The molecule has 2 aromatic rings. The Morgan fingerprint density at radius 3 is 2.53 bits per heavy atom. The first-order valence-corrected chi connectivity index (χ1v) is 4.78. The maximum Gasteiger partial charge on any atom is 0.159 e. The van der Waals surface area contributed by atoms with Gasteiger partial charge in [-0.3, -0.25) is 0 Å². The van der Waals surface area contributed by atoms with E-state index in [0.717, 1.165) is 11.4 Å². The molecule has 0 bridgehead atoms. The van der Waals surface area contributed by atoms with Crippen LogP contribution in [-0.4, -0.2) is 9.55 Å². The molecule has 2 rings (SSSR count). The molecule has 0 aliphatic heterocycles. The number of hydrogen-bond donors (Lipinski definition) is 0. The molecule has 0 amide bonds. The van der Waals surface area contributed by atoms with Gasteiger partial charge in [0.25, 0.3) is 0 Å². The molecule has 4 heteroatoms. The predicted octanol–water partition coefficient (Wildman–Crippen LogP) is 2.61. The SMILES string of the molecule is Cn1cc(C#N)nc1-c1ccc(Cl)cc1. The van der Waals surface area contributed by atoms with Crippen LogP contribution in [0.2, 0.25) is 5.02 Å². The molecule has 0 radical (unpaired) electrons. The summed E-state index contributed by atoms with van der Waals surface area (Å²) >= 11 is 5.79. The number of hydrogen-bond acceptors (Lipinski definition) is 2. The van der Waals surface area contributed by atoms with Crippen molar-refractivity contribution in [2.75, 3.05) is 0 Å². The zero-order valence-electron chi connectivity index (χ0n) is 8.11. The summed E-state index contributed by atoms with van der Waals surface area (Å²) in [6.07, 6.45) is 1.70. The number of rotatable bonds is 1. The van der Waals surface area contributed by atoms with E-state index in [1.165, 1.54) is 0 Å². The molecule has 74 valence electrons. The number of benzene rings is 1. The number of nitriles is 1. The topological polar surface area (TPSA) is 41.6 Å². The highest BCUT2D eigenvalue weighted by atomic mass is 35.5. The van der Waals surface area contributed by atoms with Crippen molar-refractivity contribution in [3.8, 4) is 17.5 Å². The van der Waals surface area contributed by atoms with Gasteiger partial charge in [-0.05, 0) is 24.3 Å².